The van der Waals surface area contributed by atoms with Gasteiger partial charge in [0, 0.05) is 19.3 Å². The second kappa shape index (κ2) is 5.94. The molecule has 1 N–H and O–H groups in total. The fourth-order valence-corrected chi connectivity index (χ4v) is 2.10. The van der Waals surface area contributed by atoms with Crippen LogP contribution in [0.3, 0.4) is 0 Å². The summed E-state index contributed by atoms with van der Waals surface area (Å²) in [6.45, 7) is 2.32. The average Bonchev–Trinajstić information content (AvgIpc) is 3.20. The van der Waals surface area contributed by atoms with Crippen molar-refractivity contribution in [3.05, 3.63) is 29.8 Å². The van der Waals surface area contributed by atoms with Gasteiger partial charge in [-0.1, -0.05) is 17.7 Å². The topological polar surface area (TPSA) is 60.9 Å². The summed E-state index contributed by atoms with van der Waals surface area (Å²) in [5.41, 5.74) is 1.69. The van der Waals surface area contributed by atoms with Crippen LogP contribution in [0.25, 0.3) is 0 Å². The first kappa shape index (κ1) is 14.4. The number of carboxylic acid groups (broad SMARTS) is 1. The van der Waals surface area contributed by atoms with E-state index in [1.54, 1.807) is 24.1 Å². The molecule has 0 heterocycles. The first-order chi connectivity index (χ1) is 9.47. The second-order valence-corrected chi connectivity index (χ2v) is 5.42. The zero-order chi connectivity index (χ0) is 14.7. The summed E-state index contributed by atoms with van der Waals surface area (Å²) in [4.78, 5) is 26.3. The minimum absolute atomic E-state index is 0.261. The highest BCUT2D eigenvalue weighted by atomic mass is 16.4. The zero-order valence-corrected chi connectivity index (χ0v) is 11.9. The maximum Gasteiger partial charge on any atom is 0.324 e. The number of carbonyl (C=O) groups is 2. The van der Waals surface area contributed by atoms with Gasteiger partial charge in [0.1, 0.15) is 6.54 Å². The molecule has 20 heavy (non-hydrogen) atoms. The summed E-state index contributed by atoms with van der Waals surface area (Å²) in [6, 6.07) is 7.04. The number of amides is 2. The van der Waals surface area contributed by atoms with Crippen molar-refractivity contribution in [3.8, 4) is 0 Å². The molecule has 5 nitrogen and oxygen atoms in total. The number of hydrogen-bond acceptors (Lipinski definition) is 2. The van der Waals surface area contributed by atoms with E-state index in [1.807, 2.05) is 19.1 Å². The lowest BCUT2D eigenvalue weighted by Gasteiger charge is -2.27. The van der Waals surface area contributed by atoms with Crippen LogP contribution in [0.5, 0.6) is 0 Å². The zero-order valence-electron chi connectivity index (χ0n) is 11.9. The summed E-state index contributed by atoms with van der Waals surface area (Å²) >= 11 is 0. The van der Waals surface area contributed by atoms with E-state index in [2.05, 4.69) is 0 Å². The van der Waals surface area contributed by atoms with E-state index in [0.29, 0.717) is 18.2 Å². The molecule has 0 radical (unpaired) electrons. The maximum atomic E-state index is 12.4. The summed E-state index contributed by atoms with van der Waals surface area (Å²) in [5, 5.41) is 9.01. The van der Waals surface area contributed by atoms with Gasteiger partial charge in [-0.3, -0.25) is 9.69 Å². The van der Waals surface area contributed by atoms with Crippen molar-refractivity contribution in [1.82, 2.24) is 4.90 Å². The van der Waals surface area contributed by atoms with Crippen LogP contribution < -0.4 is 4.90 Å². The lowest BCUT2D eigenvalue weighted by atomic mass is 10.2. The van der Waals surface area contributed by atoms with Crippen molar-refractivity contribution in [1.29, 1.82) is 0 Å². The molecule has 5 heteroatoms. The number of carboxylic acids is 1. The second-order valence-electron chi connectivity index (χ2n) is 5.42. The minimum Gasteiger partial charge on any atom is -0.480 e. The number of benzene rings is 1. The van der Waals surface area contributed by atoms with Crippen molar-refractivity contribution in [2.75, 3.05) is 25.0 Å². The molecule has 1 aliphatic carbocycles. The standard InChI is InChI=1S/C15H20N2O3/c1-11-3-7-13(8-4-11)17(10-14(18)19)15(20)16(2)9-12-5-6-12/h3-4,7-8,12H,5-6,9-10H2,1-2H3,(H,18,19). The van der Waals surface area contributed by atoms with Gasteiger partial charge >= 0.3 is 12.0 Å². The number of rotatable bonds is 5. The molecule has 0 bridgehead atoms. The van der Waals surface area contributed by atoms with E-state index in [4.69, 9.17) is 5.11 Å². The molecule has 1 aromatic carbocycles. The number of urea groups is 1. The summed E-state index contributed by atoms with van der Waals surface area (Å²) in [5.74, 6) is -0.438. The number of hydrogen-bond donors (Lipinski definition) is 1. The van der Waals surface area contributed by atoms with Gasteiger partial charge in [-0.05, 0) is 37.8 Å². The van der Waals surface area contributed by atoms with Gasteiger partial charge < -0.3 is 10.0 Å². The van der Waals surface area contributed by atoms with Crippen LogP contribution in [0.2, 0.25) is 0 Å². The maximum absolute atomic E-state index is 12.4. The molecule has 0 aromatic heterocycles. The van der Waals surface area contributed by atoms with Gasteiger partial charge in [0.2, 0.25) is 0 Å². The third-order valence-corrected chi connectivity index (χ3v) is 3.43. The molecule has 2 amide bonds. The molecule has 1 aromatic rings. The van der Waals surface area contributed by atoms with Gasteiger partial charge in [0.05, 0.1) is 0 Å². The Morgan fingerprint density at radius 3 is 2.35 bits per heavy atom. The van der Waals surface area contributed by atoms with E-state index < -0.39 is 5.97 Å². The molecule has 1 fully saturated rings. The Balaban J connectivity index is 2.14. The fourth-order valence-electron chi connectivity index (χ4n) is 2.10. The van der Waals surface area contributed by atoms with Gasteiger partial charge in [-0.2, -0.15) is 0 Å². The number of nitrogens with zero attached hydrogens (tertiary/aromatic N) is 2. The number of carbonyl (C=O) groups excluding carboxylic acids is 1. The Labute approximate surface area is 118 Å². The quantitative estimate of drug-likeness (QED) is 0.898. The molecule has 1 saturated carbocycles. The Hall–Kier alpha value is -2.04. The van der Waals surface area contributed by atoms with Crippen molar-refractivity contribution < 1.29 is 14.7 Å². The molecule has 1 aliphatic rings. The van der Waals surface area contributed by atoms with Gasteiger partial charge in [0.15, 0.2) is 0 Å². The highest BCUT2D eigenvalue weighted by Crippen LogP contribution is 2.29. The summed E-state index contributed by atoms with van der Waals surface area (Å²) < 4.78 is 0. The third-order valence-electron chi connectivity index (χ3n) is 3.43. The molecule has 2 rings (SSSR count). The van der Waals surface area contributed by atoms with Crippen molar-refractivity contribution in [2.45, 2.75) is 19.8 Å². The molecule has 0 aliphatic heterocycles. The first-order valence-electron chi connectivity index (χ1n) is 6.78. The highest BCUT2D eigenvalue weighted by molar-refractivity contribution is 5.96. The predicted molar refractivity (Wildman–Crippen MR) is 76.9 cm³/mol. The van der Waals surface area contributed by atoms with Crippen molar-refractivity contribution in [2.24, 2.45) is 5.92 Å². The molecule has 0 spiro atoms. The van der Waals surface area contributed by atoms with Crippen LogP contribution in [0.1, 0.15) is 18.4 Å². The van der Waals surface area contributed by atoms with E-state index in [1.165, 1.54) is 4.90 Å². The first-order valence-corrected chi connectivity index (χ1v) is 6.78. The Morgan fingerprint density at radius 1 is 1.25 bits per heavy atom. The Morgan fingerprint density at radius 2 is 1.85 bits per heavy atom. The largest absolute Gasteiger partial charge is 0.480 e. The molecule has 0 unspecified atom stereocenters. The highest BCUT2D eigenvalue weighted by Gasteiger charge is 2.28. The Bertz CT molecular complexity index is 494. The Kier molecular flexibility index (Phi) is 4.27. The molecule has 0 atom stereocenters. The van der Waals surface area contributed by atoms with E-state index in [9.17, 15) is 9.59 Å². The fraction of sp³-hybridized carbons (Fsp3) is 0.467. The van der Waals surface area contributed by atoms with E-state index in [0.717, 1.165) is 18.4 Å². The lowest BCUT2D eigenvalue weighted by molar-refractivity contribution is -0.135. The molecular weight excluding hydrogens is 256 g/mol. The molecule has 0 saturated heterocycles. The van der Waals surface area contributed by atoms with Gasteiger partial charge in [0.25, 0.3) is 0 Å². The summed E-state index contributed by atoms with van der Waals surface area (Å²) in [7, 11) is 1.73. The van der Waals surface area contributed by atoms with Crippen LogP contribution in [0, 0.1) is 12.8 Å². The van der Waals surface area contributed by atoms with Crippen LogP contribution in [-0.4, -0.2) is 42.1 Å². The normalized spacial score (nSPS) is 13.9. The molecular formula is C15H20N2O3. The van der Waals surface area contributed by atoms with Crippen LogP contribution in [0.15, 0.2) is 24.3 Å². The van der Waals surface area contributed by atoms with Crippen LogP contribution in [0.4, 0.5) is 10.5 Å². The predicted octanol–water partition coefficient (Wildman–Crippen LogP) is 2.35. The van der Waals surface area contributed by atoms with Crippen LogP contribution >= 0.6 is 0 Å². The average molecular weight is 276 g/mol. The number of aliphatic carboxylic acids is 1. The van der Waals surface area contributed by atoms with E-state index in [-0.39, 0.29) is 12.6 Å². The van der Waals surface area contributed by atoms with Crippen LogP contribution in [-0.2, 0) is 4.79 Å². The smallest absolute Gasteiger partial charge is 0.324 e. The summed E-state index contributed by atoms with van der Waals surface area (Å²) in [6.07, 6.45) is 2.31. The number of aryl methyl sites for hydroxylation is 1. The number of anilines is 1. The van der Waals surface area contributed by atoms with Gasteiger partial charge in [-0.25, -0.2) is 4.79 Å². The SMILES string of the molecule is Cc1ccc(N(CC(=O)O)C(=O)N(C)CC2CC2)cc1. The van der Waals surface area contributed by atoms with Crippen molar-refractivity contribution >= 4 is 17.7 Å². The third kappa shape index (κ3) is 3.73. The minimum atomic E-state index is -1.02. The monoisotopic (exact) mass is 276 g/mol. The van der Waals surface area contributed by atoms with Crippen molar-refractivity contribution in [3.63, 3.8) is 0 Å². The molecule has 108 valence electrons. The lowest BCUT2D eigenvalue weighted by Crippen LogP contribution is -2.44. The van der Waals surface area contributed by atoms with Gasteiger partial charge in [-0.15, -0.1) is 0 Å². The van der Waals surface area contributed by atoms with E-state index >= 15 is 0 Å².